The summed E-state index contributed by atoms with van der Waals surface area (Å²) in [6.45, 7) is 7.26. The van der Waals surface area contributed by atoms with E-state index in [1.165, 1.54) is 11.3 Å². The molecule has 1 saturated heterocycles. The summed E-state index contributed by atoms with van der Waals surface area (Å²) in [5, 5.41) is 3.34. The number of anilines is 1. The average Bonchev–Trinajstić information content (AvgIpc) is 2.47. The maximum absolute atomic E-state index is 5.74. The number of benzene rings is 1. The van der Waals surface area contributed by atoms with Crippen LogP contribution < -0.4 is 10.2 Å². The van der Waals surface area contributed by atoms with E-state index < -0.39 is 0 Å². The van der Waals surface area contributed by atoms with E-state index in [-0.39, 0.29) is 0 Å². The molecule has 1 aromatic rings. The topological polar surface area (TPSA) is 24.5 Å². The molecule has 1 unspecified atom stereocenters. The summed E-state index contributed by atoms with van der Waals surface area (Å²) in [5.74, 6) is 0. The molecule has 1 atom stereocenters. The van der Waals surface area contributed by atoms with Crippen molar-refractivity contribution in [2.24, 2.45) is 0 Å². The van der Waals surface area contributed by atoms with Gasteiger partial charge in [-0.3, -0.25) is 0 Å². The van der Waals surface area contributed by atoms with Gasteiger partial charge in [0.05, 0.1) is 6.10 Å². The molecule has 1 fully saturated rings. The Balaban J connectivity index is 2.14. The van der Waals surface area contributed by atoms with E-state index in [2.05, 4.69) is 58.2 Å². The normalized spacial score (nSPS) is 18.3. The summed E-state index contributed by atoms with van der Waals surface area (Å²) in [5.41, 5.74) is 2.71. The Bertz CT molecular complexity index is 430. The molecule has 0 bridgehead atoms. The maximum Gasteiger partial charge on any atom is 0.0608 e. The second-order valence-corrected chi connectivity index (χ2v) is 6.27. The number of piperidine rings is 1. The van der Waals surface area contributed by atoms with E-state index in [9.17, 15) is 0 Å². The minimum absolute atomic E-state index is 0.364. The Hall–Kier alpha value is -0.580. The van der Waals surface area contributed by atoms with Crippen molar-refractivity contribution in [2.75, 3.05) is 31.6 Å². The van der Waals surface area contributed by atoms with Gasteiger partial charge >= 0.3 is 0 Å². The highest BCUT2D eigenvalue weighted by molar-refractivity contribution is 9.10. The average molecular weight is 341 g/mol. The van der Waals surface area contributed by atoms with Gasteiger partial charge in [-0.15, -0.1) is 0 Å². The first kappa shape index (κ1) is 15.8. The Morgan fingerprint density at radius 3 is 2.70 bits per heavy atom. The van der Waals surface area contributed by atoms with Crippen molar-refractivity contribution < 1.29 is 4.74 Å². The summed E-state index contributed by atoms with van der Waals surface area (Å²) in [6.07, 6.45) is 2.68. The van der Waals surface area contributed by atoms with Crippen LogP contribution in [0.25, 0.3) is 0 Å². The van der Waals surface area contributed by atoms with Crippen LogP contribution in [-0.4, -0.2) is 32.8 Å². The van der Waals surface area contributed by atoms with E-state index in [1.54, 1.807) is 0 Å². The molecule has 112 valence electrons. The van der Waals surface area contributed by atoms with Crippen LogP contribution in [0, 0.1) is 0 Å². The Labute approximate surface area is 130 Å². The third-order valence-electron chi connectivity index (χ3n) is 4.08. The zero-order valence-corrected chi connectivity index (χ0v) is 14.2. The number of nitrogens with zero attached hydrogens (tertiary/aromatic N) is 1. The predicted octanol–water partition coefficient (Wildman–Crippen LogP) is 3.73. The molecule has 0 aromatic heterocycles. The summed E-state index contributed by atoms with van der Waals surface area (Å²) in [6, 6.07) is 6.95. The van der Waals surface area contributed by atoms with Gasteiger partial charge in [0.25, 0.3) is 0 Å². The molecule has 2 rings (SSSR count). The zero-order valence-electron chi connectivity index (χ0n) is 12.7. The third-order valence-corrected chi connectivity index (χ3v) is 4.57. The first-order chi connectivity index (χ1) is 9.65. The fraction of sp³-hybridized carbons (Fsp3) is 0.625. The van der Waals surface area contributed by atoms with Crippen LogP contribution in [0.5, 0.6) is 0 Å². The largest absolute Gasteiger partial charge is 0.378 e. The van der Waals surface area contributed by atoms with Gasteiger partial charge in [0.15, 0.2) is 0 Å². The lowest BCUT2D eigenvalue weighted by Crippen LogP contribution is -2.38. The highest BCUT2D eigenvalue weighted by atomic mass is 79.9. The van der Waals surface area contributed by atoms with Crippen molar-refractivity contribution in [3.05, 3.63) is 28.2 Å². The minimum atomic E-state index is 0.364. The smallest absolute Gasteiger partial charge is 0.0608 e. The van der Waals surface area contributed by atoms with Crippen molar-refractivity contribution in [1.29, 1.82) is 0 Å². The number of hydrogen-bond donors (Lipinski definition) is 1. The van der Waals surface area contributed by atoms with E-state index in [0.29, 0.717) is 12.1 Å². The molecule has 1 aliphatic rings. The van der Waals surface area contributed by atoms with Gasteiger partial charge in [-0.2, -0.15) is 0 Å². The molecule has 20 heavy (non-hydrogen) atoms. The van der Waals surface area contributed by atoms with Gasteiger partial charge in [0, 0.05) is 35.9 Å². The molecule has 0 saturated carbocycles. The molecule has 0 aliphatic carbocycles. The zero-order chi connectivity index (χ0) is 14.5. The van der Waals surface area contributed by atoms with Crippen LogP contribution in [0.2, 0.25) is 0 Å². The number of hydrogen-bond acceptors (Lipinski definition) is 3. The lowest BCUT2D eigenvalue weighted by molar-refractivity contribution is 0.0459. The van der Waals surface area contributed by atoms with E-state index in [4.69, 9.17) is 4.74 Å². The van der Waals surface area contributed by atoms with Gasteiger partial charge in [0.2, 0.25) is 0 Å². The van der Waals surface area contributed by atoms with Crippen LogP contribution in [0.3, 0.4) is 0 Å². The predicted molar refractivity (Wildman–Crippen MR) is 88.5 cm³/mol. The second-order valence-electron chi connectivity index (χ2n) is 5.36. The molecule has 0 radical (unpaired) electrons. The summed E-state index contributed by atoms with van der Waals surface area (Å²) in [7, 11) is 2.01. The number of ether oxygens (including phenoxy) is 1. The molecular formula is C16H25BrN2O. The molecule has 3 nitrogen and oxygen atoms in total. The Kier molecular flexibility index (Phi) is 5.87. The van der Waals surface area contributed by atoms with Gasteiger partial charge in [-0.25, -0.2) is 0 Å². The number of nitrogens with one attached hydrogen (secondary N) is 1. The van der Waals surface area contributed by atoms with Gasteiger partial charge < -0.3 is 15.0 Å². The minimum Gasteiger partial charge on any atom is -0.378 e. The third kappa shape index (κ3) is 3.74. The van der Waals surface area contributed by atoms with Gasteiger partial charge in [-0.1, -0.05) is 22.0 Å². The fourth-order valence-electron chi connectivity index (χ4n) is 2.81. The van der Waals surface area contributed by atoms with Crippen LogP contribution in [-0.2, 0) is 4.74 Å². The fourth-order valence-corrected chi connectivity index (χ4v) is 3.16. The lowest BCUT2D eigenvalue weighted by Gasteiger charge is -2.35. The SMILES string of the molecule is CCOC1CCN(c2cc(Br)ccc2C(C)NC)CC1. The van der Waals surface area contributed by atoms with E-state index in [0.717, 1.165) is 37.0 Å². The first-order valence-electron chi connectivity index (χ1n) is 7.49. The molecule has 1 heterocycles. The number of rotatable bonds is 5. The highest BCUT2D eigenvalue weighted by Crippen LogP contribution is 2.31. The molecule has 0 amide bonds. The van der Waals surface area contributed by atoms with Crippen LogP contribution >= 0.6 is 15.9 Å². The van der Waals surface area contributed by atoms with Gasteiger partial charge in [-0.05, 0) is 51.4 Å². The Morgan fingerprint density at radius 2 is 2.10 bits per heavy atom. The summed E-state index contributed by atoms with van der Waals surface area (Å²) < 4.78 is 6.89. The second kappa shape index (κ2) is 7.43. The van der Waals surface area contributed by atoms with Crippen LogP contribution in [0.1, 0.15) is 38.3 Å². The molecular weight excluding hydrogens is 316 g/mol. The first-order valence-corrected chi connectivity index (χ1v) is 8.28. The quantitative estimate of drug-likeness (QED) is 0.883. The van der Waals surface area contributed by atoms with Crippen molar-refractivity contribution in [2.45, 2.75) is 38.8 Å². The Morgan fingerprint density at radius 1 is 1.40 bits per heavy atom. The van der Waals surface area contributed by atoms with Gasteiger partial charge in [0.1, 0.15) is 0 Å². The van der Waals surface area contributed by atoms with Crippen molar-refractivity contribution >= 4 is 21.6 Å². The standard InChI is InChI=1S/C16H25BrN2O/c1-4-20-14-7-9-19(10-8-14)16-11-13(17)5-6-15(16)12(2)18-3/h5-6,11-12,14,18H,4,7-10H2,1-3H3. The van der Waals surface area contributed by atoms with Crippen LogP contribution in [0.4, 0.5) is 5.69 Å². The lowest BCUT2D eigenvalue weighted by atomic mass is 10.0. The molecule has 4 heteroatoms. The number of halogens is 1. The summed E-state index contributed by atoms with van der Waals surface area (Å²) >= 11 is 3.60. The van der Waals surface area contributed by atoms with Crippen molar-refractivity contribution in [3.63, 3.8) is 0 Å². The molecule has 1 aliphatic heterocycles. The maximum atomic E-state index is 5.74. The van der Waals surface area contributed by atoms with Crippen LogP contribution in [0.15, 0.2) is 22.7 Å². The van der Waals surface area contributed by atoms with Crippen molar-refractivity contribution in [3.8, 4) is 0 Å². The van der Waals surface area contributed by atoms with E-state index in [1.807, 2.05) is 7.05 Å². The van der Waals surface area contributed by atoms with Crippen molar-refractivity contribution in [1.82, 2.24) is 5.32 Å². The molecule has 1 aromatic carbocycles. The molecule has 1 N–H and O–H groups in total. The summed E-state index contributed by atoms with van der Waals surface area (Å²) in [4.78, 5) is 2.49. The van der Waals surface area contributed by atoms with E-state index >= 15 is 0 Å². The molecule has 0 spiro atoms. The monoisotopic (exact) mass is 340 g/mol. The highest BCUT2D eigenvalue weighted by Gasteiger charge is 2.22.